The summed E-state index contributed by atoms with van der Waals surface area (Å²) in [5.41, 5.74) is 1.07. The highest BCUT2D eigenvalue weighted by Crippen LogP contribution is 2.15. The van der Waals surface area contributed by atoms with Gasteiger partial charge in [0.25, 0.3) is 0 Å². The van der Waals surface area contributed by atoms with E-state index in [0.29, 0.717) is 0 Å². The van der Waals surface area contributed by atoms with Crippen LogP contribution in [0.4, 0.5) is 0 Å². The maximum Gasteiger partial charge on any atom is 0.0334 e. The van der Waals surface area contributed by atoms with Gasteiger partial charge in [-0.05, 0) is 44.0 Å². The summed E-state index contributed by atoms with van der Waals surface area (Å²) in [5, 5.41) is 3.43. The van der Waals surface area contributed by atoms with Crippen LogP contribution in [0.25, 0.3) is 0 Å². The number of likely N-dealkylation sites (tertiary alicyclic amines) is 1. The smallest absolute Gasteiger partial charge is 0.0334 e. The quantitative estimate of drug-likeness (QED) is 0.692. The number of piperidine rings is 1. The Bertz CT molecular complexity index is 255. The first-order valence-corrected chi connectivity index (χ1v) is 6.21. The van der Waals surface area contributed by atoms with Crippen LogP contribution in [-0.4, -0.2) is 31.1 Å². The summed E-state index contributed by atoms with van der Waals surface area (Å²) in [7, 11) is 0. The fourth-order valence-corrected chi connectivity index (χ4v) is 2.19. The van der Waals surface area contributed by atoms with Crippen LogP contribution in [0.2, 0.25) is 0 Å². The van der Waals surface area contributed by atoms with Crippen molar-refractivity contribution in [2.75, 3.05) is 26.2 Å². The van der Waals surface area contributed by atoms with Crippen LogP contribution in [0.5, 0.6) is 0 Å². The first-order valence-electron chi connectivity index (χ1n) is 6.21. The van der Waals surface area contributed by atoms with E-state index in [0.717, 1.165) is 18.2 Å². The first kappa shape index (κ1) is 13.0. The summed E-state index contributed by atoms with van der Waals surface area (Å²) in [4.78, 5) is 2.53. The Hall–Kier alpha value is -1.02. The number of rotatable bonds is 6. The van der Waals surface area contributed by atoms with Gasteiger partial charge in [0.1, 0.15) is 0 Å². The molecule has 1 saturated heterocycles. The molecular formula is C14H24N2. The lowest BCUT2D eigenvalue weighted by Crippen LogP contribution is -2.39. The highest BCUT2D eigenvalue weighted by atomic mass is 15.1. The van der Waals surface area contributed by atoms with Gasteiger partial charge in [-0.1, -0.05) is 26.2 Å². The summed E-state index contributed by atoms with van der Waals surface area (Å²) < 4.78 is 0. The molecule has 0 aromatic carbocycles. The third-order valence-electron chi connectivity index (χ3n) is 3.16. The van der Waals surface area contributed by atoms with E-state index >= 15 is 0 Å². The van der Waals surface area contributed by atoms with Gasteiger partial charge in [-0.3, -0.25) is 0 Å². The highest BCUT2D eigenvalue weighted by Gasteiger charge is 2.18. The van der Waals surface area contributed by atoms with Crippen molar-refractivity contribution in [1.29, 1.82) is 0 Å². The fourth-order valence-electron chi connectivity index (χ4n) is 2.19. The van der Waals surface area contributed by atoms with Crippen molar-refractivity contribution in [2.45, 2.75) is 19.8 Å². The van der Waals surface area contributed by atoms with Crippen LogP contribution in [0, 0.1) is 5.92 Å². The van der Waals surface area contributed by atoms with E-state index in [4.69, 9.17) is 0 Å². The van der Waals surface area contributed by atoms with Gasteiger partial charge in [0.05, 0.1) is 0 Å². The van der Waals surface area contributed by atoms with Gasteiger partial charge in [0, 0.05) is 18.8 Å². The van der Waals surface area contributed by atoms with Crippen LogP contribution in [-0.2, 0) is 0 Å². The number of hydrogen-bond donors (Lipinski definition) is 1. The third kappa shape index (κ3) is 4.23. The third-order valence-corrected chi connectivity index (χ3v) is 3.16. The van der Waals surface area contributed by atoms with Gasteiger partial charge in [0.2, 0.25) is 0 Å². The van der Waals surface area contributed by atoms with Crippen molar-refractivity contribution < 1.29 is 0 Å². The summed E-state index contributed by atoms with van der Waals surface area (Å²) in [6, 6.07) is 0. The van der Waals surface area contributed by atoms with E-state index < -0.39 is 0 Å². The molecule has 0 amide bonds. The second kappa shape index (κ2) is 7.29. The largest absolute Gasteiger partial charge is 0.385 e. The lowest BCUT2D eigenvalue weighted by molar-refractivity contribution is 0.182. The Balaban J connectivity index is 2.33. The zero-order chi connectivity index (χ0) is 11.8. The van der Waals surface area contributed by atoms with E-state index in [1.807, 2.05) is 12.2 Å². The second-order valence-corrected chi connectivity index (χ2v) is 4.34. The average molecular weight is 220 g/mol. The molecule has 0 saturated carbocycles. The van der Waals surface area contributed by atoms with E-state index in [1.165, 1.54) is 32.5 Å². The predicted octanol–water partition coefficient (Wildman–Crippen LogP) is 2.56. The van der Waals surface area contributed by atoms with Crippen LogP contribution in [0.15, 0.2) is 37.1 Å². The standard InChI is InChI=1S/C14H24N2/c1-4-8-14(5-2)15-11-13-9-7-10-16(6-3)12-13/h4-5,8,13,15H,1-2,6-7,9-12H2,3H3/b14-8+. The topological polar surface area (TPSA) is 15.3 Å². The van der Waals surface area contributed by atoms with Gasteiger partial charge < -0.3 is 10.2 Å². The molecule has 1 atom stereocenters. The van der Waals surface area contributed by atoms with Crippen molar-refractivity contribution in [3.8, 4) is 0 Å². The van der Waals surface area contributed by atoms with E-state index in [9.17, 15) is 0 Å². The number of hydrogen-bond acceptors (Lipinski definition) is 2. The van der Waals surface area contributed by atoms with Gasteiger partial charge in [0.15, 0.2) is 0 Å². The lowest BCUT2D eigenvalue weighted by atomic mass is 9.98. The van der Waals surface area contributed by atoms with Crippen LogP contribution >= 0.6 is 0 Å². The molecule has 2 heteroatoms. The second-order valence-electron chi connectivity index (χ2n) is 4.34. The molecule has 16 heavy (non-hydrogen) atoms. The molecule has 0 aliphatic carbocycles. The Labute approximate surface area is 99.7 Å². The maximum absolute atomic E-state index is 3.79. The molecule has 2 nitrogen and oxygen atoms in total. The van der Waals surface area contributed by atoms with Crippen molar-refractivity contribution >= 4 is 0 Å². The Morgan fingerprint density at radius 3 is 2.94 bits per heavy atom. The summed E-state index contributed by atoms with van der Waals surface area (Å²) in [6.07, 6.45) is 8.27. The van der Waals surface area contributed by atoms with Gasteiger partial charge in [-0.25, -0.2) is 0 Å². The normalized spacial score (nSPS) is 22.8. The molecule has 0 radical (unpaired) electrons. The number of allylic oxidation sites excluding steroid dienone is 3. The van der Waals surface area contributed by atoms with Gasteiger partial charge >= 0.3 is 0 Å². The molecule has 1 fully saturated rings. The molecule has 0 bridgehead atoms. The Kier molecular flexibility index (Phi) is 5.94. The van der Waals surface area contributed by atoms with Crippen molar-refractivity contribution in [2.24, 2.45) is 5.92 Å². The average Bonchev–Trinajstić information content (AvgIpc) is 2.34. The van der Waals surface area contributed by atoms with E-state index in [-0.39, 0.29) is 0 Å². The molecule has 0 aromatic rings. The zero-order valence-corrected chi connectivity index (χ0v) is 10.4. The minimum Gasteiger partial charge on any atom is -0.385 e. The molecular weight excluding hydrogens is 196 g/mol. The van der Waals surface area contributed by atoms with Crippen LogP contribution in [0.3, 0.4) is 0 Å². The summed E-state index contributed by atoms with van der Waals surface area (Å²) >= 11 is 0. The molecule has 1 rings (SSSR count). The van der Waals surface area contributed by atoms with Crippen molar-refractivity contribution in [3.63, 3.8) is 0 Å². The minimum atomic E-state index is 0.766. The molecule has 1 N–H and O–H groups in total. The van der Waals surface area contributed by atoms with Gasteiger partial charge in [-0.2, -0.15) is 0 Å². The monoisotopic (exact) mass is 220 g/mol. The number of nitrogens with one attached hydrogen (secondary N) is 1. The van der Waals surface area contributed by atoms with Crippen molar-refractivity contribution in [3.05, 3.63) is 37.1 Å². The lowest BCUT2D eigenvalue weighted by Gasteiger charge is -2.32. The molecule has 1 aliphatic rings. The number of nitrogens with zero attached hydrogens (tertiary/aromatic N) is 1. The molecule has 1 unspecified atom stereocenters. The first-order chi connectivity index (χ1) is 7.80. The van der Waals surface area contributed by atoms with Gasteiger partial charge in [-0.15, -0.1) is 0 Å². The molecule has 90 valence electrons. The maximum atomic E-state index is 3.79. The zero-order valence-electron chi connectivity index (χ0n) is 10.4. The predicted molar refractivity (Wildman–Crippen MR) is 71.3 cm³/mol. The fraction of sp³-hybridized carbons (Fsp3) is 0.571. The highest BCUT2D eigenvalue weighted by molar-refractivity contribution is 5.19. The van der Waals surface area contributed by atoms with E-state index in [1.54, 1.807) is 6.08 Å². The van der Waals surface area contributed by atoms with Crippen LogP contribution < -0.4 is 5.32 Å². The minimum absolute atomic E-state index is 0.766. The van der Waals surface area contributed by atoms with Crippen molar-refractivity contribution in [1.82, 2.24) is 10.2 Å². The summed E-state index contributed by atoms with van der Waals surface area (Å²) in [5.74, 6) is 0.766. The molecule has 1 heterocycles. The Morgan fingerprint density at radius 1 is 1.50 bits per heavy atom. The Morgan fingerprint density at radius 2 is 2.31 bits per heavy atom. The summed E-state index contributed by atoms with van der Waals surface area (Å²) in [6.45, 7) is 14.4. The molecule has 0 spiro atoms. The molecule has 1 aliphatic heterocycles. The molecule has 0 aromatic heterocycles. The van der Waals surface area contributed by atoms with Crippen LogP contribution in [0.1, 0.15) is 19.8 Å². The SMILES string of the molecule is C=C/C=C(\C=C)NCC1CCCN(CC)C1. The van der Waals surface area contributed by atoms with E-state index in [2.05, 4.69) is 30.3 Å².